The second kappa shape index (κ2) is 12.7. The first-order valence-corrected chi connectivity index (χ1v) is 19.8. The van der Waals surface area contributed by atoms with Crippen LogP contribution >= 0.6 is 0 Å². The number of piperazine rings is 1. The van der Waals surface area contributed by atoms with E-state index in [-0.39, 0.29) is 23.3 Å². The molecule has 3 aromatic carbocycles. The van der Waals surface area contributed by atoms with Crippen molar-refractivity contribution < 1.29 is 33.3 Å². The van der Waals surface area contributed by atoms with Gasteiger partial charge >= 0.3 is 0 Å². The molecule has 10 heteroatoms. The minimum absolute atomic E-state index is 0.0315. The Hall–Kier alpha value is -3.99. The molecular formula is C39H50N2O7Si. The van der Waals surface area contributed by atoms with Gasteiger partial charge in [0.05, 0.1) is 52.7 Å². The number of carbonyl (C=O) groups is 1. The first kappa shape index (κ1) is 34.9. The van der Waals surface area contributed by atoms with Crippen LogP contribution in [0.25, 0.3) is 6.08 Å². The standard InChI is InChI=1S/C39H50N2O7Si/c1-22-17-25-18-28-38(43)41-27(32(40(28)6)30(25)33(42)34(22)44-7)19-26-31(29(41)21-47-20-24-15-13-12-14-16-24)37(46-9)36(45-8)23(2)35(26)48-49(10,11)39(3,4)5/h12-17,19,28-29,32,42H,18,20-21H2,1-11H3/t28-,29+,32-/m1/s1. The lowest BCUT2D eigenvalue weighted by atomic mass is 9.78. The van der Waals surface area contributed by atoms with Crippen molar-refractivity contribution in [1.29, 1.82) is 0 Å². The molecule has 0 aliphatic carbocycles. The van der Waals surface area contributed by atoms with Gasteiger partial charge in [-0.2, -0.15) is 0 Å². The minimum Gasteiger partial charge on any atom is -0.543 e. The molecule has 3 aromatic rings. The minimum atomic E-state index is -2.38. The number of methoxy groups -OCH3 is 3. The zero-order valence-corrected chi connectivity index (χ0v) is 31.7. The molecule has 49 heavy (non-hydrogen) atoms. The summed E-state index contributed by atoms with van der Waals surface area (Å²) in [6, 6.07) is 10.6. The normalized spacial score (nSPS) is 20.2. The second-order valence-electron chi connectivity index (χ2n) is 14.9. The highest BCUT2D eigenvalue weighted by Gasteiger charge is 2.53. The summed E-state index contributed by atoms with van der Waals surface area (Å²) in [5.74, 6) is 2.36. The smallest absolute Gasteiger partial charge is 0.250 e. The number of phenols is 1. The Balaban J connectivity index is 1.63. The number of nitrogens with zero attached hydrogens (tertiary/aromatic N) is 2. The Kier molecular flexibility index (Phi) is 9.04. The summed E-state index contributed by atoms with van der Waals surface area (Å²) in [6.45, 7) is 15.6. The topological polar surface area (TPSA) is 89.9 Å². The summed E-state index contributed by atoms with van der Waals surface area (Å²) in [4.78, 5) is 18.8. The number of likely N-dealkylation sites (N-methyl/N-ethyl adjacent to an activating group) is 1. The molecule has 0 saturated carbocycles. The van der Waals surface area contributed by atoms with Gasteiger partial charge in [0.2, 0.25) is 5.91 Å². The number of hydrogen-bond donors (Lipinski definition) is 1. The van der Waals surface area contributed by atoms with Crippen molar-refractivity contribution in [1.82, 2.24) is 9.80 Å². The molecule has 1 N–H and O–H groups in total. The summed E-state index contributed by atoms with van der Waals surface area (Å²) in [5, 5.41) is 11.7. The maximum absolute atomic E-state index is 14.8. The Morgan fingerprint density at radius 1 is 0.939 bits per heavy atom. The van der Waals surface area contributed by atoms with Gasteiger partial charge in [-0.3, -0.25) is 9.69 Å². The van der Waals surface area contributed by atoms with Crippen molar-refractivity contribution in [3.8, 4) is 28.7 Å². The molecule has 262 valence electrons. The molecule has 3 atom stereocenters. The first-order valence-electron chi connectivity index (χ1n) is 16.9. The molecule has 3 heterocycles. The maximum Gasteiger partial charge on any atom is 0.250 e. The molecule has 6 rings (SSSR count). The zero-order chi connectivity index (χ0) is 35.6. The van der Waals surface area contributed by atoms with Gasteiger partial charge in [-0.05, 0) is 68.2 Å². The number of amides is 1. The average molecular weight is 687 g/mol. The number of aromatic hydroxyl groups is 1. The summed E-state index contributed by atoms with van der Waals surface area (Å²) in [7, 11) is 4.43. The molecule has 2 bridgehead atoms. The summed E-state index contributed by atoms with van der Waals surface area (Å²) in [6.07, 6.45) is 2.53. The highest BCUT2D eigenvalue weighted by atomic mass is 28.4. The number of aryl methyl sites for hydroxylation is 1. The molecule has 1 fully saturated rings. The van der Waals surface area contributed by atoms with Crippen LogP contribution in [0.15, 0.2) is 42.1 Å². The van der Waals surface area contributed by atoms with Gasteiger partial charge in [0.25, 0.3) is 8.32 Å². The highest BCUT2D eigenvalue weighted by Crippen LogP contribution is 2.58. The van der Waals surface area contributed by atoms with E-state index in [1.54, 1.807) is 21.3 Å². The Morgan fingerprint density at radius 3 is 2.20 bits per heavy atom. The number of ether oxygens (including phenoxy) is 4. The van der Waals surface area contributed by atoms with E-state index in [2.05, 4.69) is 44.8 Å². The van der Waals surface area contributed by atoms with E-state index in [0.717, 1.165) is 50.4 Å². The third kappa shape index (κ3) is 5.58. The van der Waals surface area contributed by atoms with Crippen LogP contribution < -0.4 is 18.6 Å². The summed E-state index contributed by atoms with van der Waals surface area (Å²) in [5.41, 5.74) is 6.77. The molecule has 0 unspecified atom stereocenters. The zero-order valence-electron chi connectivity index (χ0n) is 30.7. The van der Waals surface area contributed by atoms with Crippen LogP contribution in [0.3, 0.4) is 0 Å². The van der Waals surface area contributed by atoms with Gasteiger partial charge in [0.15, 0.2) is 23.0 Å². The quantitative estimate of drug-likeness (QED) is 0.232. The SMILES string of the molecule is COc1c(C)cc2c(c1O)[C@H]1C3=Cc4c(O[Si](C)(C)C(C)(C)C)c(C)c(OC)c(OC)c4[C@H](COCc4ccccc4)N3C(=O)[C@@H](C2)N1C. The number of carbonyl (C=O) groups excluding carboxylic acids is 1. The fourth-order valence-corrected chi connectivity index (χ4v) is 8.53. The monoisotopic (exact) mass is 686 g/mol. The summed E-state index contributed by atoms with van der Waals surface area (Å²) < 4.78 is 31.5. The molecule has 1 amide bonds. The number of rotatable bonds is 9. The fourth-order valence-electron chi connectivity index (χ4n) is 7.46. The molecule has 3 aliphatic rings. The van der Waals surface area contributed by atoms with Crippen LogP contribution in [0.1, 0.15) is 71.8 Å². The van der Waals surface area contributed by atoms with Gasteiger partial charge in [0, 0.05) is 28.0 Å². The van der Waals surface area contributed by atoms with Gasteiger partial charge < -0.3 is 33.4 Å². The van der Waals surface area contributed by atoms with Crippen molar-refractivity contribution >= 4 is 20.3 Å². The molecule has 9 nitrogen and oxygen atoms in total. The van der Waals surface area contributed by atoms with Crippen LogP contribution in [-0.4, -0.2) is 70.2 Å². The Morgan fingerprint density at radius 2 is 1.59 bits per heavy atom. The third-order valence-electron chi connectivity index (χ3n) is 11.0. The number of hydrogen-bond acceptors (Lipinski definition) is 8. The lowest BCUT2D eigenvalue weighted by molar-refractivity contribution is -0.145. The molecule has 0 aromatic heterocycles. The van der Waals surface area contributed by atoms with Crippen molar-refractivity contribution in [3.63, 3.8) is 0 Å². The second-order valence-corrected chi connectivity index (χ2v) is 19.7. The van der Waals surface area contributed by atoms with E-state index in [1.165, 1.54) is 0 Å². The van der Waals surface area contributed by atoms with Gasteiger partial charge in [0.1, 0.15) is 5.75 Å². The van der Waals surface area contributed by atoms with Crippen LogP contribution in [0.2, 0.25) is 18.1 Å². The molecule has 1 saturated heterocycles. The number of benzene rings is 3. The summed E-state index contributed by atoms with van der Waals surface area (Å²) >= 11 is 0. The van der Waals surface area contributed by atoms with E-state index in [0.29, 0.717) is 30.3 Å². The molecular weight excluding hydrogens is 637 g/mol. The van der Waals surface area contributed by atoms with Crippen molar-refractivity contribution in [2.24, 2.45) is 0 Å². The van der Waals surface area contributed by atoms with Crippen molar-refractivity contribution in [2.45, 2.75) is 83.9 Å². The Labute approximate surface area is 291 Å². The van der Waals surface area contributed by atoms with E-state index >= 15 is 0 Å². The van der Waals surface area contributed by atoms with Crippen molar-refractivity contribution in [2.75, 3.05) is 35.0 Å². The number of fused-ring (bicyclic) bond motifs is 7. The number of phenolic OH excluding ortho intramolecular Hbond substituents is 1. The van der Waals surface area contributed by atoms with Crippen LogP contribution in [0, 0.1) is 13.8 Å². The van der Waals surface area contributed by atoms with Crippen LogP contribution in [0.4, 0.5) is 0 Å². The van der Waals surface area contributed by atoms with E-state index < -0.39 is 26.4 Å². The average Bonchev–Trinajstić information content (AvgIpc) is 3.04. The largest absolute Gasteiger partial charge is 0.543 e. The Bertz CT molecular complexity index is 1810. The van der Waals surface area contributed by atoms with Crippen LogP contribution in [0.5, 0.6) is 28.7 Å². The van der Waals surface area contributed by atoms with Gasteiger partial charge in [-0.25, -0.2) is 0 Å². The highest BCUT2D eigenvalue weighted by molar-refractivity contribution is 6.74. The van der Waals surface area contributed by atoms with E-state index in [1.807, 2.05) is 62.2 Å². The van der Waals surface area contributed by atoms with Crippen molar-refractivity contribution in [3.05, 3.63) is 81.0 Å². The molecule has 0 spiro atoms. The maximum atomic E-state index is 14.8. The predicted molar refractivity (Wildman–Crippen MR) is 193 cm³/mol. The van der Waals surface area contributed by atoms with Crippen LogP contribution in [-0.2, 0) is 22.6 Å². The van der Waals surface area contributed by atoms with E-state index in [4.69, 9.17) is 23.4 Å². The molecule has 3 aliphatic heterocycles. The first-order chi connectivity index (χ1) is 23.2. The van der Waals surface area contributed by atoms with Gasteiger partial charge in [-0.15, -0.1) is 0 Å². The fraction of sp³-hybridized carbons (Fsp3) is 0.462. The van der Waals surface area contributed by atoms with Gasteiger partial charge in [-0.1, -0.05) is 57.2 Å². The molecule has 0 radical (unpaired) electrons. The van der Waals surface area contributed by atoms with E-state index in [9.17, 15) is 9.90 Å². The third-order valence-corrected chi connectivity index (χ3v) is 15.3. The lowest BCUT2D eigenvalue weighted by Crippen LogP contribution is -2.60. The predicted octanol–water partition coefficient (Wildman–Crippen LogP) is 7.47. The lowest BCUT2D eigenvalue weighted by Gasteiger charge is -2.53.